The first-order valence-electron chi connectivity index (χ1n) is 9.04. The summed E-state index contributed by atoms with van der Waals surface area (Å²) in [4.78, 5) is 12.1. The first kappa shape index (κ1) is 19.2. The van der Waals surface area contributed by atoms with Gasteiger partial charge in [0.2, 0.25) is 5.91 Å². The van der Waals surface area contributed by atoms with Crippen molar-refractivity contribution in [2.24, 2.45) is 0 Å². The highest BCUT2D eigenvalue weighted by molar-refractivity contribution is 6.02. The first-order valence-corrected chi connectivity index (χ1v) is 9.04. The van der Waals surface area contributed by atoms with Crippen molar-refractivity contribution in [3.8, 4) is 11.5 Å². The van der Waals surface area contributed by atoms with Crippen LogP contribution in [0.25, 0.3) is 6.08 Å². The Labute approximate surface area is 165 Å². The second-order valence-electron chi connectivity index (χ2n) is 6.38. The average molecular weight is 373 g/mol. The molecule has 3 rings (SSSR count). The van der Waals surface area contributed by atoms with Gasteiger partial charge in [0.1, 0.15) is 6.61 Å². The lowest BCUT2D eigenvalue weighted by Crippen LogP contribution is -2.07. The van der Waals surface area contributed by atoms with E-state index in [4.69, 9.17) is 9.47 Å². The minimum Gasteiger partial charge on any atom is -0.493 e. The molecule has 0 saturated carbocycles. The summed E-state index contributed by atoms with van der Waals surface area (Å²) in [5, 5.41) is 2.85. The number of methoxy groups -OCH3 is 1. The minimum absolute atomic E-state index is 0.186. The molecule has 0 aliphatic carbocycles. The number of anilines is 1. The molecular formula is C24H23NO3. The molecule has 142 valence electrons. The second-order valence-corrected chi connectivity index (χ2v) is 6.38. The van der Waals surface area contributed by atoms with Crippen LogP contribution in [-0.4, -0.2) is 13.0 Å². The summed E-state index contributed by atoms with van der Waals surface area (Å²) in [5.41, 5.74) is 3.80. The van der Waals surface area contributed by atoms with Crippen molar-refractivity contribution in [3.05, 3.63) is 95.6 Å². The van der Waals surface area contributed by atoms with Crippen LogP contribution in [0.4, 0.5) is 5.69 Å². The van der Waals surface area contributed by atoms with Gasteiger partial charge in [0.05, 0.1) is 7.11 Å². The zero-order valence-corrected chi connectivity index (χ0v) is 16.0. The van der Waals surface area contributed by atoms with Gasteiger partial charge in [-0.15, -0.1) is 0 Å². The fourth-order valence-corrected chi connectivity index (χ4v) is 2.72. The van der Waals surface area contributed by atoms with Gasteiger partial charge in [-0.05, 0) is 54.0 Å². The number of carbonyl (C=O) groups excluding carboxylic acids is 1. The number of hydrogen-bond donors (Lipinski definition) is 1. The fraction of sp³-hybridized carbons (Fsp3) is 0.125. The van der Waals surface area contributed by atoms with E-state index in [1.807, 2.05) is 79.7 Å². The summed E-state index contributed by atoms with van der Waals surface area (Å²) in [6.07, 6.45) is 3.25. The van der Waals surface area contributed by atoms with E-state index in [0.717, 1.165) is 22.4 Å². The van der Waals surface area contributed by atoms with Gasteiger partial charge in [-0.1, -0.05) is 48.5 Å². The Hall–Kier alpha value is -3.53. The molecule has 0 bridgehead atoms. The standard InChI is InChI=1S/C24H23NO3/c1-18-7-6-10-21(15-18)25-24(26)14-12-19-11-13-22(23(16-19)27-2)28-17-20-8-4-3-5-9-20/h3-16H,17H2,1-2H3,(H,25,26). The van der Waals surface area contributed by atoms with Crippen LogP contribution in [0.15, 0.2) is 78.9 Å². The molecule has 0 aliphatic heterocycles. The fourth-order valence-electron chi connectivity index (χ4n) is 2.72. The van der Waals surface area contributed by atoms with Crippen molar-refractivity contribution < 1.29 is 14.3 Å². The highest BCUT2D eigenvalue weighted by Crippen LogP contribution is 2.29. The van der Waals surface area contributed by atoms with E-state index in [2.05, 4.69) is 5.32 Å². The number of carbonyl (C=O) groups is 1. The molecule has 3 aromatic rings. The van der Waals surface area contributed by atoms with E-state index in [1.54, 1.807) is 13.2 Å². The van der Waals surface area contributed by atoms with Gasteiger partial charge in [-0.3, -0.25) is 4.79 Å². The Morgan fingerprint density at radius 1 is 0.964 bits per heavy atom. The maximum absolute atomic E-state index is 12.1. The van der Waals surface area contributed by atoms with Crippen LogP contribution >= 0.6 is 0 Å². The van der Waals surface area contributed by atoms with Crippen molar-refractivity contribution in [2.45, 2.75) is 13.5 Å². The third kappa shape index (κ3) is 5.48. The summed E-state index contributed by atoms with van der Waals surface area (Å²) < 4.78 is 11.3. The van der Waals surface area contributed by atoms with Gasteiger partial charge in [0.15, 0.2) is 11.5 Å². The number of nitrogens with one attached hydrogen (secondary N) is 1. The molecule has 0 atom stereocenters. The van der Waals surface area contributed by atoms with Crippen LogP contribution in [0, 0.1) is 6.92 Å². The summed E-state index contributed by atoms with van der Waals surface area (Å²) >= 11 is 0. The van der Waals surface area contributed by atoms with Crippen LogP contribution in [0.1, 0.15) is 16.7 Å². The quantitative estimate of drug-likeness (QED) is 0.577. The SMILES string of the molecule is COc1cc(C=CC(=O)Nc2cccc(C)c2)ccc1OCc1ccccc1. The summed E-state index contributed by atoms with van der Waals surface area (Å²) in [6, 6.07) is 23.2. The molecule has 0 saturated heterocycles. The third-order valence-corrected chi connectivity index (χ3v) is 4.14. The van der Waals surface area contributed by atoms with Gasteiger partial charge in [-0.2, -0.15) is 0 Å². The normalized spacial score (nSPS) is 10.6. The molecule has 0 fully saturated rings. The topological polar surface area (TPSA) is 47.6 Å². The van der Waals surface area contributed by atoms with E-state index in [1.165, 1.54) is 6.08 Å². The summed E-state index contributed by atoms with van der Waals surface area (Å²) in [7, 11) is 1.60. The van der Waals surface area contributed by atoms with Crippen molar-refractivity contribution >= 4 is 17.7 Å². The summed E-state index contributed by atoms with van der Waals surface area (Å²) in [5.74, 6) is 1.10. The van der Waals surface area contributed by atoms with Gasteiger partial charge in [0, 0.05) is 11.8 Å². The molecule has 0 unspecified atom stereocenters. The lowest BCUT2D eigenvalue weighted by atomic mass is 10.1. The van der Waals surface area contributed by atoms with Crippen molar-refractivity contribution in [1.82, 2.24) is 0 Å². The largest absolute Gasteiger partial charge is 0.493 e. The predicted octanol–water partition coefficient (Wildman–Crippen LogP) is 5.23. The Morgan fingerprint density at radius 3 is 2.54 bits per heavy atom. The van der Waals surface area contributed by atoms with Gasteiger partial charge < -0.3 is 14.8 Å². The van der Waals surface area contributed by atoms with Crippen molar-refractivity contribution in [1.29, 1.82) is 0 Å². The van der Waals surface area contributed by atoms with Crippen LogP contribution < -0.4 is 14.8 Å². The smallest absolute Gasteiger partial charge is 0.248 e. The number of hydrogen-bond acceptors (Lipinski definition) is 3. The van der Waals surface area contributed by atoms with E-state index in [-0.39, 0.29) is 5.91 Å². The minimum atomic E-state index is -0.186. The molecule has 1 N–H and O–H groups in total. The van der Waals surface area contributed by atoms with Crippen LogP contribution in [0.3, 0.4) is 0 Å². The molecule has 4 heteroatoms. The summed E-state index contributed by atoms with van der Waals surface area (Å²) in [6.45, 7) is 2.45. The van der Waals surface area contributed by atoms with Crippen LogP contribution in [0.2, 0.25) is 0 Å². The van der Waals surface area contributed by atoms with Gasteiger partial charge in [-0.25, -0.2) is 0 Å². The lowest BCUT2D eigenvalue weighted by Gasteiger charge is -2.11. The Kier molecular flexibility index (Phi) is 6.47. The van der Waals surface area contributed by atoms with Gasteiger partial charge >= 0.3 is 0 Å². The molecule has 0 aliphatic rings. The molecule has 4 nitrogen and oxygen atoms in total. The number of ether oxygens (including phenoxy) is 2. The van der Waals surface area contributed by atoms with Crippen LogP contribution in [0.5, 0.6) is 11.5 Å². The number of aryl methyl sites for hydroxylation is 1. The monoisotopic (exact) mass is 373 g/mol. The maximum Gasteiger partial charge on any atom is 0.248 e. The van der Waals surface area contributed by atoms with E-state index < -0.39 is 0 Å². The van der Waals surface area contributed by atoms with Crippen molar-refractivity contribution in [2.75, 3.05) is 12.4 Å². The molecule has 0 heterocycles. The highest BCUT2D eigenvalue weighted by atomic mass is 16.5. The molecule has 28 heavy (non-hydrogen) atoms. The van der Waals surface area contributed by atoms with Gasteiger partial charge in [0.25, 0.3) is 0 Å². The van der Waals surface area contributed by atoms with E-state index in [0.29, 0.717) is 18.1 Å². The van der Waals surface area contributed by atoms with Crippen molar-refractivity contribution in [3.63, 3.8) is 0 Å². The molecule has 0 spiro atoms. The number of rotatable bonds is 7. The molecular weight excluding hydrogens is 350 g/mol. The first-order chi connectivity index (χ1) is 13.6. The Morgan fingerprint density at radius 2 is 1.79 bits per heavy atom. The zero-order valence-electron chi connectivity index (χ0n) is 16.0. The highest BCUT2D eigenvalue weighted by Gasteiger charge is 2.06. The Bertz CT molecular complexity index is 965. The average Bonchev–Trinajstić information content (AvgIpc) is 2.71. The zero-order chi connectivity index (χ0) is 19.8. The Balaban J connectivity index is 1.64. The van der Waals surface area contributed by atoms with E-state index >= 15 is 0 Å². The molecule has 0 radical (unpaired) electrons. The molecule has 0 aromatic heterocycles. The number of amides is 1. The third-order valence-electron chi connectivity index (χ3n) is 4.14. The van der Waals surface area contributed by atoms with Crippen LogP contribution in [-0.2, 0) is 11.4 Å². The maximum atomic E-state index is 12.1. The number of benzene rings is 3. The molecule has 3 aromatic carbocycles. The van der Waals surface area contributed by atoms with E-state index in [9.17, 15) is 4.79 Å². The second kappa shape index (κ2) is 9.42. The molecule has 1 amide bonds. The predicted molar refractivity (Wildman–Crippen MR) is 113 cm³/mol. The lowest BCUT2D eigenvalue weighted by molar-refractivity contribution is -0.111.